The van der Waals surface area contributed by atoms with Gasteiger partial charge in [-0.05, 0) is 32.8 Å². The van der Waals surface area contributed by atoms with Crippen molar-refractivity contribution in [2.45, 2.75) is 45.5 Å². The van der Waals surface area contributed by atoms with Gasteiger partial charge in [-0.3, -0.25) is 0 Å². The molecule has 0 amide bonds. The van der Waals surface area contributed by atoms with Crippen LogP contribution in [0.15, 0.2) is 30.3 Å². The van der Waals surface area contributed by atoms with Crippen LogP contribution in [0.5, 0.6) is 0 Å². The smallest absolute Gasteiger partial charge is 0.189 e. The minimum absolute atomic E-state index is 0.395. The van der Waals surface area contributed by atoms with Gasteiger partial charge in [-0.1, -0.05) is 30.3 Å². The molecule has 3 heteroatoms. The zero-order valence-corrected chi connectivity index (χ0v) is 10.1. The summed E-state index contributed by atoms with van der Waals surface area (Å²) in [6.07, 6.45) is 0.426. The van der Waals surface area contributed by atoms with E-state index in [1.807, 2.05) is 51.1 Å². The Labute approximate surface area is 96.9 Å². The molecule has 16 heavy (non-hydrogen) atoms. The van der Waals surface area contributed by atoms with E-state index in [9.17, 15) is 5.11 Å². The van der Waals surface area contributed by atoms with E-state index in [0.29, 0.717) is 6.42 Å². The normalized spacial score (nSPS) is 13.8. The van der Waals surface area contributed by atoms with Crippen molar-refractivity contribution in [3.8, 4) is 0 Å². The fourth-order valence-corrected chi connectivity index (χ4v) is 1.18. The summed E-state index contributed by atoms with van der Waals surface area (Å²) in [5.41, 5.74) is 0.786. The lowest BCUT2D eigenvalue weighted by Gasteiger charge is -2.20. The molecule has 0 aliphatic rings. The van der Waals surface area contributed by atoms with Crippen LogP contribution in [0.4, 0.5) is 0 Å². The third kappa shape index (κ3) is 5.85. The second kappa shape index (κ2) is 5.99. The molecule has 0 heterocycles. The summed E-state index contributed by atoms with van der Waals surface area (Å²) in [4.78, 5) is 9.91. The lowest BCUT2D eigenvalue weighted by Crippen LogP contribution is -2.24. The van der Waals surface area contributed by atoms with Gasteiger partial charge in [0.25, 0.3) is 0 Å². The summed E-state index contributed by atoms with van der Waals surface area (Å²) in [6.45, 7) is 5.62. The molecular formula is C13H20O3. The summed E-state index contributed by atoms with van der Waals surface area (Å²) < 4.78 is 0. The molecule has 0 spiro atoms. The predicted molar refractivity (Wildman–Crippen MR) is 62.7 cm³/mol. The summed E-state index contributed by atoms with van der Waals surface area (Å²) in [6, 6.07) is 9.98. The maximum atomic E-state index is 9.53. The number of aryl methyl sites for hydroxylation is 1. The molecule has 0 radical (unpaired) electrons. The van der Waals surface area contributed by atoms with E-state index in [4.69, 9.17) is 9.78 Å². The molecular weight excluding hydrogens is 204 g/mol. The number of aliphatic hydroxyl groups is 1. The van der Waals surface area contributed by atoms with Crippen molar-refractivity contribution in [3.05, 3.63) is 35.9 Å². The van der Waals surface area contributed by atoms with Crippen molar-refractivity contribution in [3.63, 3.8) is 0 Å². The highest BCUT2D eigenvalue weighted by atomic mass is 17.2. The lowest BCUT2D eigenvalue weighted by atomic mass is 10.1. The molecule has 90 valence electrons. The van der Waals surface area contributed by atoms with Crippen LogP contribution in [0.1, 0.15) is 32.8 Å². The molecule has 0 saturated carbocycles. The summed E-state index contributed by atoms with van der Waals surface area (Å²) in [5.74, 6) is 0. The van der Waals surface area contributed by atoms with Crippen molar-refractivity contribution in [2.24, 2.45) is 0 Å². The van der Waals surface area contributed by atoms with Gasteiger partial charge in [0, 0.05) is 6.42 Å². The molecule has 0 aliphatic carbocycles. The minimum atomic E-state index is -0.876. The topological polar surface area (TPSA) is 38.7 Å². The number of hydrogen-bond donors (Lipinski definition) is 1. The van der Waals surface area contributed by atoms with Crippen LogP contribution in [-0.4, -0.2) is 17.0 Å². The van der Waals surface area contributed by atoms with E-state index in [1.54, 1.807) is 0 Å². The van der Waals surface area contributed by atoms with Crippen molar-refractivity contribution in [2.75, 3.05) is 0 Å². The molecule has 0 fully saturated rings. The number of benzene rings is 1. The molecule has 3 nitrogen and oxygen atoms in total. The van der Waals surface area contributed by atoms with E-state index in [2.05, 4.69) is 0 Å². The van der Waals surface area contributed by atoms with Crippen molar-refractivity contribution in [1.82, 2.24) is 0 Å². The van der Waals surface area contributed by atoms with E-state index in [0.717, 1.165) is 6.42 Å². The van der Waals surface area contributed by atoms with Crippen LogP contribution in [-0.2, 0) is 16.2 Å². The molecule has 0 saturated heterocycles. The fraction of sp³-hybridized carbons (Fsp3) is 0.538. The average Bonchev–Trinajstić information content (AvgIpc) is 2.24. The molecule has 0 bridgehead atoms. The van der Waals surface area contributed by atoms with Gasteiger partial charge >= 0.3 is 0 Å². The maximum Gasteiger partial charge on any atom is 0.189 e. The largest absolute Gasteiger partial charge is 0.366 e. The van der Waals surface area contributed by atoms with Crippen LogP contribution in [0.2, 0.25) is 0 Å². The van der Waals surface area contributed by atoms with Crippen LogP contribution < -0.4 is 0 Å². The Morgan fingerprint density at radius 3 is 2.38 bits per heavy atom. The van der Waals surface area contributed by atoms with Crippen LogP contribution in [0.25, 0.3) is 0 Å². The monoisotopic (exact) mass is 224 g/mol. The van der Waals surface area contributed by atoms with Gasteiger partial charge in [-0.25, -0.2) is 9.78 Å². The molecule has 0 aromatic heterocycles. The van der Waals surface area contributed by atoms with Crippen molar-refractivity contribution >= 4 is 0 Å². The molecule has 1 rings (SSSR count). The Bertz CT molecular complexity index is 290. The summed E-state index contributed by atoms with van der Waals surface area (Å²) in [7, 11) is 0. The SMILES string of the molecule is CC(C)(C)OOC(O)CCc1ccccc1. The van der Waals surface area contributed by atoms with E-state index in [1.165, 1.54) is 5.56 Å². The zero-order valence-electron chi connectivity index (χ0n) is 10.1. The van der Waals surface area contributed by atoms with E-state index >= 15 is 0 Å². The quantitative estimate of drug-likeness (QED) is 0.475. The van der Waals surface area contributed by atoms with E-state index < -0.39 is 11.9 Å². The third-order valence-corrected chi connectivity index (χ3v) is 1.93. The molecule has 0 aliphatic heterocycles. The first kappa shape index (κ1) is 13.2. The standard InChI is InChI=1S/C13H20O3/c1-13(2,3)16-15-12(14)10-9-11-7-5-4-6-8-11/h4-8,12,14H,9-10H2,1-3H3. The maximum absolute atomic E-state index is 9.53. The van der Waals surface area contributed by atoms with Gasteiger partial charge in [0.2, 0.25) is 0 Å². The Balaban J connectivity index is 2.23. The molecule has 1 aromatic rings. The molecule has 1 N–H and O–H groups in total. The van der Waals surface area contributed by atoms with Gasteiger partial charge in [0.05, 0.1) is 5.60 Å². The Morgan fingerprint density at radius 2 is 1.81 bits per heavy atom. The molecule has 1 aromatic carbocycles. The van der Waals surface area contributed by atoms with Crippen molar-refractivity contribution in [1.29, 1.82) is 0 Å². The van der Waals surface area contributed by atoms with Gasteiger partial charge in [-0.15, -0.1) is 0 Å². The number of aliphatic hydroxyl groups excluding tert-OH is 1. The molecule has 1 atom stereocenters. The Kier molecular flexibility index (Phi) is 4.93. The Hall–Kier alpha value is -0.900. The highest BCUT2D eigenvalue weighted by Gasteiger charge is 2.14. The van der Waals surface area contributed by atoms with Crippen LogP contribution >= 0.6 is 0 Å². The summed E-state index contributed by atoms with van der Waals surface area (Å²) >= 11 is 0. The first-order valence-corrected chi connectivity index (χ1v) is 5.54. The van der Waals surface area contributed by atoms with E-state index in [-0.39, 0.29) is 0 Å². The number of rotatable bonds is 5. The second-order valence-corrected chi connectivity index (χ2v) is 4.77. The first-order valence-electron chi connectivity index (χ1n) is 5.54. The average molecular weight is 224 g/mol. The molecule has 1 unspecified atom stereocenters. The predicted octanol–water partition coefficient (Wildman–Crippen LogP) is 2.68. The highest BCUT2D eigenvalue weighted by Crippen LogP contribution is 2.11. The van der Waals surface area contributed by atoms with Gasteiger partial charge in [-0.2, -0.15) is 0 Å². The van der Waals surface area contributed by atoms with Crippen LogP contribution in [0, 0.1) is 0 Å². The first-order chi connectivity index (χ1) is 7.47. The Morgan fingerprint density at radius 1 is 1.19 bits per heavy atom. The second-order valence-electron chi connectivity index (χ2n) is 4.77. The van der Waals surface area contributed by atoms with Crippen LogP contribution in [0.3, 0.4) is 0 Å². The lowest BCUT2D eigenvalue weighted by molar-refractivity contribution is -0.409. The fourth-order valence-electron chi connectivity index (χ4n) is 1.18. The number of hydrogen-bond acceptors (Lipinski definition) is 3. The van der Waals surface area contributed by atoms with Gasteiger partial charge in [0.1, 0.15) is 0 Å². The third-order valence-electron chi connectivity index (χ3n) is 1.93. The zero-order chi connectivity index (χ0) is 12.0. The summed E-state index contributed by atoms with van der Waals surface area (Å²) in [5, 5.41) is 9.53. The van der Waals surface area contributed by atoms with Gasteiger partial charge < -0.3 is 5.11 Å². The highest BCUT2D eigenvalue weighted by molar-refractivity contribution is 5.14. The van der Waals surface area contributed by atoms with Gasteiger partial charge in [0.15, 0.2) is 6.29 Å². The minimum Gasteiger partial charge on any atom is -0.366 e. The van der Waals surface area contributed by atoms with Crippen molar-refractivity contribution < 1.29 is 14.9 Å².